The van der Waals surface area contributed by atoms with Crippen LogP contribution in [-0.4, -0.2) is 81.8 Å². The standard InChI is InChI=1S/C21H34N4O3S/c1-18(2)28-15-16-29(26,27)25-13-11-24(12-14-25)20(22-3)23-17-21(9-10-21)19-7-5-4-6-8-19/h4-8,18H,9-17H2,1-3H3,(H,22,23). The molecule has 1 saturated carbocycles. The molecule has 29 heavy (non-hydrogen) atoms. The molecule has 0 bridgehead atoms. The summed E-state index contributed by atoms with van der Waals surface area (Å²) in [5.74, 6) is 0.894. The summed E-state index contributed by atoms with van der Waals surface area (Å²) in [6.07, 6.45) is 2.42. The summed E-state index contributed by atoms with van der Waals surface area (Å²) in [4.78, 5) is 6.59. The molecule has 2 fully saturated rings. The van der Waals surface area contributed by atoms with Gasteiger partial charge in [-0.2, -0.15) is 4.31 Å². The minimum absolute atomic E-state index is 0.0394. The first-order valence-corrected chi connectivity index (χ1v) is 12.1. The smallest absolute Gasteiger partial charge is 0.216 e. The highest BCUT2D eigenvalue weighted by atomic mass is 32.2. The van der Waals surface area contributed by atoms with Gasteiger partial charge in [0.05, 0.1) is 18.5 Å². The number of nitrogens with zero attached hydrogens (tertiary/aromatic N) is 3. The Kier molecular flexibility index (Phi) is 7.19. The zero-order valence-electron chi connectivity index (χ0n) is 17.8. The molecule has 7 nitrogen and oxygen atoms in total. The molecule has 8 heteroatoms. The predicted molar refractivity (Wildman–Crippen MR) is 117 cm³/mol. The van der Waals surface area contributed by atoms with E-state index in [2.05, 4.69) is 45.5 Å². The van der Waals surface area contributed by atoms with Crippen LogP contribution in [0.1, 0.15) is 32.3 Å². The minimum Gasteiger partial charge on any atom is -0.378 e. The Bertz CT molecular complexity index is 783. The van der Waals surface area contributed by atoms with Gasteiger partial charge in [0.15, 0.2) is 5.96 Å². The summed E-state index contributed by atoms with van der Waals surface area (Å²) in [6, 6.07) is 10.6. The fraction of sp³-hybridized carbons (Fsp3) is 0.667. The summed E-state index contributed by atoms with van der Waals surface area (Å²) in [6.45, 7) is 7.16. The average Bonchev–Trinajstić information content (AvgIpc) is 3.50. The van der Waals surface area contributed by atoms with Crippen molar-refractivity contribution in [3.63, 3.8) is 0 Å². The molecule has 1 aliphatic heterocycles. The Morgan fingerprint density at radius 2 is 1.83 bits per heavy atom. The lowest BCUT2D eigenvalue weighted by molar-refractivity contribution is 0.0904. The maximum atomic E-state index is 12.5. The van der Waals surface area contributed by atoms with E-state index in [9.17, 15) is 8.42 Å². The Hall–Kier alpha value is -1.64. The van der Waals surface area contributed by atoms with E-state index >= 15 is 0 Å². The van der Waals surface area contributed by atoms with Gasteiger partial charge in [-0.1, -0.05) is 30.3 Å². The summed E-state index contributed by atoms with van der Waals surface area (Å²) in [5.41, 5.74) is 1.58. The van der Waals surface area contributed by atoms with E-state index < -0.39 is 10.0 Å². The number of guanidine groups is 1. The number of nitrogens with one attached hydrogen (secondary N) is 1. The molecule has 1 N–H and O–H groups in total. The number of benzene rings is 1. The first-order valence-electron chi connectivity index (χ1n) is 10.5. The van der Waals surface area contributed by atoms with Gasteiger partial charge in [0.1, 0.15) is 0 Å². The second kappa shape index (κ2) is 9.45. The summed E-state index contributed by atoms with van der Waals surface area (Å²) >= 11 is 0. The molecule has 0 amide bonds. The third kappa shape index (κ3) is 5.71. The van der Waals surface area contributed by atoms with Gasteiger partial charge >= 0.3 is 0 Å². The van der Waals surface area contributed by atoms with E-state index in [1.165, 1.54) is 18.4 Å². The van der Waals surface area contributed by atoms with Crippen LogP contribution in [0.25, 0.3) is 0 Å². The van der Waals surface area contributed by atoms with Gasteiger partial charge in [-0.25, -0.2) is 8.42 Å². The van der Waals surface area contributed by atoms with Crippen molar-refractivity contribution in [3.05, 3.63) is 35.9 Å². The van der Waals surface area contributed by atoms with Crippen LogP contribution in [0, 0.1) is 0 Å². The van der Waals surface area contributed by atoms with Gasteiger partial charge in [0, 0.05) is 45.2 Å². The first-order chi connectivity index (χ1) is 13.9. The van der Waals surface area contributed by atoms with Gasteiger partial charge in [-0.3, -0.25) is 4.99 Å². The van der Waals surface area contributed by atoms with Crippen molar-refractivity contribution < 1.29 is 13.2 Å². The fourth-order valence-electron chi connectivity index (χ4n) is 3.79. The van der Waals surface area contributed by atoms with Crippen LogP contribution in [0.2, 0.25) is 0 Å². The number of sulfonamides is 1. The van der Waals surface area contributed by atoms with Crippen molar-refractivity contribution in [2.24, 2.45) is 4.99 Å². The third-order valence-corrected chi connectivity index (χ3v) is 7.59. The number of aliphatic imine (C=N–C) groups is 1. The van der Waals surface area contributed by atoms with E-state index in [1.807, 2.05) is 13.8 Å². The quantitative estimate of drug-likeness (QED) is 0.510. The Labute approximate surface area is 175 Å². The van der Waals surface area contributed by atoms with Crippen LogP contribution in [0.3, 0.4) is 0 Å². The Morgan fingerprint density at radius 3 is 2.38 bits per heavy atom. The number of ether oxygens (including phenoxy) is 1. The lowest BCUT2D eigenvalue weighted by Gasteiger charge is -2.36. The van der Waals surface area contributed by atoms with E-state index in [0.29, 0.717) is 26.2 Å². The molecule has 0 spiro atoms. The molecule has 3 rings (SSSR count). The Balaban J connectivity index is 1.49. The fourth-order valence-corrected chi connectivity index (χ4v) is 5.07. The van der Waals surface area contributed by atoms with Gasteiger partial charge in [0.2, 0.25) is 10.0 Å². The van der Waals surface area contributed by atoms with Gasteiger partial charge in [-0.05, 0) is 32.3 Å². The third-order valence-electron chi connectivity index (χ3n) is 5.76. The number of piperazine rings is 1. The lowest BCUT2D eigenvalue weighted by atomic mass is 9.96. The molecule has 2 aliphatic rings. The van der Waals surface area contributed by atoms with Gasteiger partial charge in [0.25, 0.3) is 0 Å². The van der Waals surface area contributed by atoms with Gasteiger partial charge in [-0.15, -0.1) is 0 Å². The van der Waals surface area contributed by atoms with Crippen molar-refractivity contribution in [2.75, 3.05) is 52.1 Å². The average molecular weight is 423 g/mol. The second-order valence-electron chi connectivity index (χ2n) is 8.17. The second-order valence-corrected chi connectivity index (χ2v) is 10.3. The molecule has 0 unspecified atom stereocenters. The number of hydrogen-bond donors (Lipinski definition) is 1. The summed E-state index contributed by atoms with van der Waals surface area (Å²) < 4.78 is 32.0. The largest absolute Gasteiger partial charge is 0.378 e. The van der Waals surface area contributed by atoms with Crippen molar-refractivity contribution in [1.29, 1.82) is 0 Å². The van der Waals surface area contributed by atoms with E-state index in [4.69, 9.17) is 4.74 Å². The lowest BCUT2D eigenvalue weighted by Crippen LogP contribution is -2.54. The van der Waals surface area contributed by atoms with Gasteiger partial charge < -0.3 is 15.0 Å². The van der Waals surface area contributed by atoms with Crippen molar-refractivity contribution in [1.82, 2.24) is 14.5 Å². The van der Waals surface area contributed by atoms with Crippen LogP contribution in [-0.2, 0) is 20.2 Å². The molecular formula is C21H34N4O3S. The molecule has 1 aliphatic carbocycles. The molecule has 162 valence electrons. The highest BCUT2D eigenvalue weighted by Crippen LogP contribution is 2.47. The molecule has 1 saturated heterocycles. The minimum atomic E-state index is -3.28. The Morgan fingerprint density at radius 1 is 1.17 bits per heavy atom. The predicted octanol–water partition coefficient (Wildman–Crippen LogP) is 1.67. The highest BCUT2D eigenvalue weighted by molar-refractivity contribution is 7.89. The molecule has 1 aromatic rings. The maximum Gasteiger partial charge on any atom is 0.216 e. The van der Waals surface area contributed by atoms with Crippen LogP contribution < -0.4 is 5.32 Å². The van der Waals surface area contributed by atoms with Crippen LogP contribution >= 0.6 is 0 Å². The number of hydrogen-bond acceptors (Lipinski definition) is 4. The van der Waals surface area contributed by atoms with Crippen molar-refractivity contribution in [3.8, 4) is 0 Å². The molecule has 0 radical (unpaired) electrons. The topological polar surface area (TPSA) is 74.2 Å². The first kappa shape index (κ1) is 22.1. The molecular weight excluding hydrogens is 388 g/mol. The van der Waals surface area contributed by atoms with Crippen LogP contribution in [0.4, 0.5) is 0 Å². The number of rotatable bonds is 8. The van der Waals surface area contributed by atoms with Crippen molar-refractivity contribution in [2.45, 2.75) is 38.2 Å². The zero-order valence-corrected chi connectivity index (χ0v) is 18.6. The molecule has 1 aromatic carbocycles. The molecule has 0 aromatic heterocycles. The SMILES string of the molecule is CN=C(NCC1(c2ccccc2)CC1)N1CCN(S(=O)(=O)CCOC(C)C)CC1. The molecule has 0 atom stereocenters. The monoisotopic (exact) mass is 422 g/mol. The maximum absolute atomic E-state index is 12.5. The summed E-state index contributed by atoms with van der Waals surface area (Å²) in [5, 5.41) is 3.53. The highest BCUT2D eigenvalue weighted by Gasteiger charge is 2.44. The summed E-state index contributed by atoms with van der Waals surface area (Å²) in [7, 11) is -1.49. The zero-order chi connectivity index (χ0) is 20.9. The van der Waals surface area contributed by atoms with E-state index in [0.717, 1.165) is 12.5 Å². The van der Waals surface area contributed by atoms with Crippen molar-refractivity contribution >= 4 is 16.0 Å². The normalized spacial score (nSPS) is 20.1. The molecule has 1 heterocycles. The van der Waals surface area contributed by atoms with E-state index in [1.54, 1.807) is 11.4 Å². The van der Waals surface area contributed by atoms with E-state index in [-0.39, 0.29) is 23.9 Å². The van der Waals surface area contributed by atoms with Crippen LogP contribution in [0.5, 0.6) is 0 Å². The van der Waals surface area contributed by atoms with Crippen LogP contribution in [0.15, 0.2) is 35.3 Å².